The molecule has 19 heavy (non-hydrogen) atoms. The topological polar surface area (TPSA) is 41.3 Å². The molecule has 2 fully saturated rings. The highest BCUT2D eigenvalue weighted by molar-refractivity contribution is 4.98. The zero-order chi connectivity index (χ0) is 13.1. The van der Waals surface area contributed by atoms with Crippen LogP contribution in [0.3, 0.4) is 0 Å². The van der Waals surface area contributed by atoms with Gasteiger partial charge in [-0.3, -0.25) is 4.90 Å². The first kappa shape index (κ1) is 13.1. The molecular weight excluding hydrogens is 238 g/mol. The molecule has 4 nitrogen and oxygen atoms in total. The normalized spacial score (nSPS) is 30.6. The second kappa shape index (κ2) is 6.06. The van der Waals surface area contributed by atoms with Gasteiger partial charge in [-0.15, -0.1) is 0 Å². The molecule has 2 atom stereocenters. The van der Waals surface area contributed by atoms with Gasteiger partial charge in [0.25, 0.3) is 0 Å². The third-order valence-electron chi connectivity index (χ3n) is 4.81. The van der Waals surface area contributed by atoms with Crippen molar-refractivity contribution < 1.29 is 4.52 Å². The minimum atomic E-state index is 0.580. The third kappa shape index (κ3) is 3.18. The molecule has 1 aromatic rings. The molecule has 1 aromatic heterocycles. The van der Waals surface area contributed by atoms with Crippen LogP contribution in [0.4, 0.5) is 0 Å². The van der Waals surface area contributed by atoms with Crippen LogP contribution in [0.15, 0.2) is 16.9 Å². The van der Waals surface area contributed by atoms with Crippen LogP contribution in [0.1, 0.15) is 44.7 Å². The van der Waals surface area contributed by atoms with E-state index < -0.39 is 0 Å². The van der Waals surface area contributed by atoms with Gasteiger partial charge in [-0.05, 0) is 25.7 Å². The Balaban J connectivity index is 1.59. The second-order valence-electron chi connectivity index (χ2n) is 6.18. The van der Waals surface area contributed by atoms with Crippen molar-refractivity contribution in [3.05, 3.63) is 18.0 Å². The lowest BCUT2D eigenvalue weighted by atomic mass is 9.82. The smallest absolute Gasteiger partial charge is 0.124 e. The van der Waals surface area contributed by atoms with E-state index in [4.69, 9.17) is 4.52 Å². The van der Waals surface area contributed by atoms with Gasteiger partial charge in [0, 0.05) is 37.8 Å². The number of hydrogen-bond acceptors (Lipinski definition) is 4. The molecule has 0 spiro atoms. The van der Waals surface area contributed by atoms with Crippen LogP contribution in [-0.4, -0.2) is 35.2 Å². The standard InChI is InChI=1S/C15H25N3O/c1-12-9-16-15(13-5-3-2-4-6-13)11-18(12)10-14-7-8-19-17-14/h7-8,12-13,15-16H,2-6,9-11H2,1H3. The van der Waals surface area contributed by atoms with Crippen LogP contribution in [0.25, 0.3) is 0 Å². The fraction of sp³-hybridized carbons (Fsp3) is 0.800. The van der Waals surface area contributed by atoms with Crippen LogP contribution >= 0.6 is 0 Å². The van der Waals surface area contributed by atoms with Crippen molar-refractivity contribution in [1.82, 2.24) is 15.4 Å². The van der Waals surface area contributed by atoms with Gasteiger partial charge in [-0.1, -0.05) is 24.4 Å². The van der Waals surface area contributed by atoms with E-state index in [0.29, 0.717) is 12.1 Å². The molecule has 4 heteroatoms. The fourth-order valence-electron chi connectivity index (χ4n) is 3.55. The monoisotopic (exact) mass is 263 g/mol. The van der Waals surface area contributed by atoms with Crippen molar-refractivity contribution in [2.75, 3.05) is 13.1 Å². The Morgan fingerprint density at radius 3 is 2.95 bits per heavy atom. The molecule has 2 heterocycles. The summed E-state index contributed by atoms with van der Waals surface area (Å²) in [4.78, 5) is 2.55. The maximum atomic E-state index is 4.94. The molecule has 1 aliphatic carbocycles. The maximum Gasteiger partial charge on any atom is 0.124 e. The third-order valence-corrected chi connectivity index (χ3v) is 4.81. The van der Waals surface area contributed by atoms with Crippen molar-refractivity contribution in [2.45, 2.75) is 57.7 Å². The highest BCUT2D eigenvalue weighted by atomic mass is 16.5. The lowest BCUT2D eigenvalue weighted by Gasteiger charge is -2.42. The van der Waals surface area contributed by atoms with Gasteiger partial charge >= 0.3 is 0 Å². The molecule has 2 aliphatic rings. The number of rotatable bonds is 3. The van der Waals surface area contributed by atoms with E-state index in [1.807, 2.05) is 6.07 Å². The first-order chi connectivity index (χ1) is 9.33. The van der Waals surface area contributed by atoms with E-state index in [-0.39, 0.29) is 0 Å². The summed E-state index contributed by atoms with van der Waals surface area (Å²) < 4.78 is 4.94. The Morgan fingerprint density at radius 1 is 1.37 bits per heavy atom. The summed E-state index contributed by atoms with van der Waals surface area (Å²) >= 11 is 0. The number of nitrogens with zero attached hydrogens (tertiary/aromatic N) is 2. The second-order valence-corrected chi connectivity index (χ2v) is 6.18. The largest absolute Gasteiger partial charge is 0.364 e. The van der Waals surface area contributed by atoms with Gasteiger partial charge in [0.05, 0.1) is 5.69 Å². The van der Waals surface area contributed by atoms with Gasteiger partial charge in [-0.2, -0.15) is 0 Å². The van der Waals surface area contributed by atoms with Crippen molar-refractivity contribution in [3.8, 4) is 0 Å². The van der Waals surface area contributed by atoms with Gasteiger partial charge in [0.1, 0.15) is 6.26 Å². The minimum Gasteiger partial charge on any atom is -0.364 e. The summed E-state index contributed by atoms with van der Waals surface area (Å²) in [6.45, 7) is 5.46. The summed E-state index contributed by atoms with van der Waals surface area (Å²) in [5, 5.41) is 7.81. The van der Waals surface area contributed by atoms with E-state index in [0.717, 1.165) is 31.2 Å². The zero-order valence-electron chi connectivity index (χ0n) is 11.8. The van der Waals surface area contributed by atoms with Crippen LogP contribution in [0, 0.1) is 5.92 Å². The van der Waals surface area contributed by atoms with Gasteiger partial charge in [-0.25, -0.2) is 0 Å². The fourth-order valence-corrected chi connectivity index (χ4v) is 3.55. The number of piperazine rings is 1. The molecule has 106 valence electrons. The molecule has 2 unspecified atom stereocenters. The van der Waals surface area contributed by atoms with Gasteiger partial charge in [0.2, 0.25) is 0 Å². The van der Waals surface area contributed by atoms with Gasteiger partial charge < -0.3 is 9.84 Å². The highest BCUT2D eigenvalue weighted by Gasteiger charge is 2.31. The molecule has 3 rings (SSSR count). The SMILES string of the molecule is CC1CNC(C2CCCCC2)CN1Cc1ccon1. The molecule has 1 N–H and O–H groups in total. The van der Waals surface area contributed by atoms with E-state index in [2.05, 4.69) is 22.3 Å². The Bertz CT molecular complexity index is 373. The van der Waals surface area contributed by atoms with Crippen molar-refractivity contribution in [2.24, 2.45) is 5.92 Å². The molecule has 0 bridgehead atoms. The Hall–Kier alpha value is -0.870. The Labute approximate surface area is 115 Å². The molecule has 1 saturated heterocycles. The molecule has 1 saturated carbocycles. The predicted octanol–water partition coefficient (Wildman–Crippen LogP) is 2.42. The summed E-state index contributed by atoms with van der Waals surface area (Å²) in [5.41, 5.74) is 1.05. The molecule has 0 radical (unpaired) electrons. The summed E-state index contributed by atoms with van der Waals surface area (Å²) in [7, 11) is 0. The van der Waals surface area contributed by atoms with Crippen molar-refractivity contribution in [1.29, 1.82) is 0 Å². The first-order valence-corrected chi connectivity index (χ1v) is 7.69. The highest BCUT2D eigenvalue weighted by Crippen LogP contribution is 2.28. The Kier molecular flexibility index (Phi) is 4.18. The van der Waals surface area contributed by atoms with E-state index in [1.165, 1.54) is 32.1 Å². The van der Waals surface area contributed by atoms with Crippen molar-refractivity contribution >= 4 is 0 Å². The average molecular weight is 263 g/mol. The van der Waals surface area contributed by atoms with E-state index >= 15 is 0 Å². The minimum absolute atomic E-state index is 0.580. The lowest BCUT2D eigenvalue weighted by molar-refractivity contribution is 0.0960. The summed E-state index contributed by atoms with van der Waals surface area (Å²) in [6.07, 6.45) is 8.75. The van der Waals surface area contributed by atoms with Crippen molar-refractivity contribution in [3.63, 3.8) is 0 Å². The number of nitrogens with one attached hydrogen (secondary N) is 1. The quantitative estimate of drug-likeness (QED) is 0.909. The van der Waals surface area contributed by atoms with Crippen LogP contribution < -0.4 is 5.32 Å². The Morgan fingerprint density at radius 2 is 2.21 bits per heavy atom. The van der Waals surface area contributed by atoms with Crippen LogP contribution in [-0.2, 0) is 6.54 Å². The molecule has 0 aromatic carbocycles. The molecule has 0 amide bonds. The number of aromatic nitrogens is 1. The van der Waals surface area contributed by atoms with E-state index in [9.17, 15) is 0 Å². The number of hydrogen-bond donors (Lipinski definition) is 1. The average Bonchev–Trinajstić information content (AvgIpc) is 2.95. The summed E-state index contributed by atoms with van der Waals surface area (Å²) in [6, 6.07) is 3.23. The predicted molar refractivity (Wildman–Crippen MR) is 74.7 cm³/mol. The van der Waals surface area contributed by atoms with E-state index in [1.54, 1.807) is 6.26 Å². The van der Waals surface area contributed by atoms with Crippen LogP contribution in [0.2, 0.25) is 0 Å². The van der Waals surface area contributed by atoms with Crippen LogP contribution in [0.5, 0.6) is 0 Å². The maximum absolute atomic E-state index is 4.94. The lowest BCUT2D eigenvalue weighted by Crippen LogP contribution is -2.57. The first-order valence-electron chi connectivity index (χ1n) is 7.69. The zero-order valence-corrected chi connectivity index (χ0v) is 11.8. The summed E-state index contributed by atoms with van der Waals surface area (Å²) in [5.74, 6) is 0.876. The molecule has 1 aliphatic heterocycles. The van der Waals surface area contributed by atoms with Gasteiger partial charge in [0.15, 0.2) is 0 Å². The molecular formula is C15H25N3O.